The van der Waals surface area contributed by atoms with Gasteiger partial charge in [0.25, 0.3) is 0 Å². The van der Waals surface area contributed by atoms with Gasteiger partial charge in [-0.25, -0.2) is 4.98 Å². The van der Waals surface area contributed by atoms with E-state index in [1.54, 1.807) is 11.1 Å². The summed E-state index contributed by atoms with van der Waals surface area (Å²) in [6, 6.07) is 0. The van der Waals surface area contributed by atoms with Crippen molar-refractivity contribution in [3.63, 3.8) is 0 Å². The molecule has 0 saturated carbocycles. The third-order valence-corrected chi connectivity index (χ3v) is 2.71. The largest absolute Gasteiger partial charge is 0.339 e. The fraction of sp³-hybridized carbons (Fsp3) is 0.556. The first-order valence-corrected chi connectivity index (χ1v) is 5.18. The normalized spacial score (nSPS) is 16.2. The van der Waals surface area contributed by atoms with E-state index in [9.17, 15) is 4.79 Å². The van der Waals surface area contributed by atoms with Gasteiger partial charge in [0.05, 0.1) is 0 Å². The molecule has 0 fully saturated rings. The SMILES string of the molecule is O=C(CCl)N1CCc2nccn2CC1. The number of carbonyl (C=O) groups excluding carboxylic acids is 1. The number of alkyl halides is 1. The zero-order valence-corrected chi connectivity index (χ0v) is 8.57. The van der Waals surface area contributed by atoms with Crippen LogP contribution in [0, 0.1) is 0 Å². The molecule has 0 saturated heterocycles. The van der Waals surface area contributed by atoms with Crippen LogP contribution in [0.25, 0.3) is 0 Å². The van der Waals surface area contributed by atoms with Crippen LogP contribution < -0.4 is 0 Å². The van der Waals surface area contributed by atoms with Crippen molar-refractivity contribution in [2.24, 2.45) is 0 Å². The van der Waals surface area contributed by atoms with Crippen LogP contribution >= 0.6 is 11.6 Å². The second-order valence-corrected chi connectivity index (χ2v) is 3.57. The molecule has 1 aliphatic rings. The lowest BCUT2D eigenvalue weighted by molar-refractivity contribution is -0.128. The van der Waals surface area contributed by atoms with Gasteiger partial charge in [0.1, 0.15) is 11.7 Å². The first-order chi connectivity index (χ1) is 6.81. The quantitative estimate of drug-likeness (QED) is 0.638. The van der Waals surface area contributed by atoms with Crippen molar-refractivity contribution in [2.45, 2.75) is 13.0 Å². The molecule has 0 radical (unpaired) electrons. The average molecular weight is 214 g/mol. The lowest BCUT2D eigenvalue weighted by Crippen LogP contribution is -2.34. The molecule has 4 nitrogen and oxygen atoms in total. The van der Waals surface area contributed by atoms with Crippen molar-refractivity contribution in [3.8, 4) is 0 Å². The molecule has 1 aromatic heterocycles. The van der Waals surface area contributed by atoms with Crippen LogP contribution in [0.1, 0.15) is 5.82 Å². The van der Waals surface area contributed by atoms with E-state index in [0.29, 0.717) is 0 Å². The first kappa shape index (κ1) is 9.52. The second-order valence-electron chi connectivity index (χ2n) is 3.30. The number of hydrogen-bond acceptors (Lipinski definition) is 2. The molecular formula is C9H12ClN3O. The molecule has 1 aliphatic heterocycles. The van der Waals surface area contributed by atoms with E-state index < -0.39 is 0 Å². The summed E-state index contributed by atoms with van der Waals surface area (Å²) in [5.74, 6) is 1.13. The minimum atomic E-state index is 0.0115. The topological polar surface area (TPSA) is 38.1 Å². The van der Waals surface area contributed by atoms with Gasteiger partial charge in [0, 0.05) is 38.4 Å². The molecule has 0 N–H and O–H groups in total. The van der Waals surface area contributed by atoms with E-state index in [1.165, 1.54) is 0 Å². The van der Waals surface area contributed by atoms with Gasteiger partial charge in [-0.15, -0.1) is 11.6 Å². The maximum absolute atomic E-state index is 11.4. The van der Waals surface area contributed by atoms with Crippen LogP contribution in [0.3, 0.4) is 0 Å². The molecule has 0 bridgehead atoms. The summed E-state index contributed by atoms with van der Waals surface area (Å²) >= 11 is 5.51. The van der Waals surface area contributed by atoms with Crippen LogP contribution in [-0.4, -0.2) is 39.3 Å². The lowest BCUT2D eigenvalue weighted by atomic mass is 10.4. The number of imidazole rings is 1. The lowest BCUT2D eigenvalue weighted by Gasteiger charge is -2.18. The fourth-order valence-corrected chi connectivity index (χ4v) is 1.85. The highest BCUT2D eigenvalue weighted by Crippen LogP contribution is 2.07. The molecule has 0 aliphatic carbocycles. The monoisotopic (exact) mass is 213 g/mol. The second kappa shape index (κ2) is 4.00. The summed E-state index contributed by atoms with van der Waals surface area (Å²) in [4.78, 5) is 17.4. The van der Waals surface area contributed by atoms with Gasteiger partial charge in [0.15, 0.2) is 0 Å². The number of rotatable bonds is 1. The molecule has 14 heavy (non-hydrogen) atoms. The Morgan fingerprint density at radius 3 is 3.14 bits per heavy atom. The Balaban J connectivity index is 2.06. The van der Waals surface area contributed by atoms with Crippen molar-refractivity contribution < 1.29 is 4.79 Å². The zero-order chi connectivity index (χ0) is 9.97. The molecular weight excluding hydrogens is 202 g/mol. The number of halogens is 1. The standard InChI is InChI=1S/C9H12ClN3O/c10-7-9(14)13-3-1-8-11-2-4-12(8)5-6-13/h2,4H,1,3,5-7H2. The minimum absolute atomic E-state index is 0.0115. The zero-order valence-electron chi connectivity index (χ0n) is 7.82. The first-order valence-electron chi connectivity index (χ1n) is 4.65. The summed E-state index contributed by atoms with van der Waals surface area (Å²) in [5, 5.41) is 0. The number of hydrogen-bond donors (Lipinski definition) is 0. The van der Waals surface area contributed by atoms with Gasteiger partial charge in [-0.1, -0.05) is 0 Å². The van der Waals surface area contributed by atoms with Crippen molar-refractivity contribution >= 4 is 17.5 Å². The van der Waals surface area contributed by atoms with E-state index in [0.717, 1.165) is 31.9 Å². The Morgan fingerprint density at radius 2 is 2.36 bits per heavy atom. The number of amides is 1. The summed E-state index contributed by atoms with van der Waals surface area (Å²) in [7, 11) is 0. The van der Waals surface area contributed by atoms with E-state index in [1.807, 2.05) is 6.20 Å². The van der Waals surface area contributed by atoms with Crippen LogP contribution in [0.5, 0.6) is 0 Å². The molecule has 0 atom stereocenters. The third-order valence-electron chi connectivity index (χ3n) is 2.48. The summed E-state index contributed by atoms with van der Waals surface area (Å²) in [6.07, 6.45) is 4.56. The molecule has 76 valence electrons. The third kappa shape index (κ3) is 1.75. The van der Waals surface area contributed by atoms with Crippen LogP contribution in [0.15, 0.2) is 12.4 Å². The molecule has 0 unspecified atom stereocenters. The van der Waals surface area contributed by atoms with Crippen molar-refractivity contribution in [1.29, 1.82) is 0 Å². The Morgan fingerprint density at radius 1 is 1.50 bits per heavy atom. The predicted octanol–water partition coefficient (Wildman–Crippen LogP) is 0.507. The van der Waals surface area contributed by atoms with E-state index >= 15 is 0 Å². The number of fused-ring (bicyclic) bond motifs is 1. The Labute approximate surface area is 87.5 Å². The van der Waals surface area contributed by atoms with E-state index in [4.69, 9.17) is 11.6 Å². The van der Waals surface area contributed by atoms with Gasteiger partial charge in [0.2, 0.25) is 5.91 Å². The average Bonchev–Trinajstić information content (AvgIpc) is 2.56. The molecule has 1 amide bonds. The van der Waals surface area contributed by atoms with Crippen LogP contribution in [0.2, 0.25) is 0 Å². The maximum atomic E-state index is 11.4. The highest BCUT2D eigenvalue weighted by Gasteiger charge is 2.17. The number of carbonyl (C=O) groups is 1. The van der Waals surface area contributed by atoms with Gasteiger partial charge >= 0.3 is 0 Å². The number of aromatic nitrogens is 2. The molecule has 0 spiro atoms. The molecule has 5 heteroatoms. The van der Waals surface area contributed by atoms with Gasteiger partial charge < -0.3 is 9.47 Å². The maximum Gasteiger partial charge on any atom is 0.237 e. The Kier molecular flexibility index (Phi) is 2.72. The molecule has 0 aromatic carbocycles. The number of nitrogens with zero attached hydrogens (tertiary/aromatic N) is 3. The van der Waals surface area contributed by atoms with Crippen molar-refractivity contribution in [3.05, 3.63) is 18.2 Å². The van der Waals surface area contributed by atoms with Crippen LogP contribution in [0.4, 0.5) is 0 Å². The van der Waals surface area contributed by atoms with Crippen molar-refractivity contribution in [1.82, 2.24) is 14.5 Å². The highest BCUT2D eigenvalue weighted by atomic mass is 35.5. The fourth-order valence-electron chi connectivity index (χ4n) is 1.68. The van der Waals surface area contributed by atoms with E-state index in [-0.39, 0.29) is 11.8 Å². The van der Waals surface area contributed by atoms with Crippen molar-refractivity contribution in [2.75, 3.05) is 19.0 Å². The van der Waals surface area contributed by atoms with E-state index in [2.05, 4.69) is 9.55 Å². The van der Waals surface area contributed by atoms with Gasteiger partial charge in [-0.05, 0) is 0 Å². The molecule has 2 rings (SSSR count). The predicted molar refractivity (Wildman–Crippen MR) is 53.2 cm³/mol. The summed E-state index contributed by atoms with van der Waals surface area (Å²) in [6.45, 7) is 2.27. The van der Waals surface area contributed by atoms with Gasteiger partial charge in [-0.2, -0.15) is 0 Å². The summed E-state index contributed by atoms with van der Waals surface area (Å²) < 4.78 is 2.08. The smallest absolute Gasteiger partial charge is 0.237 e. The summed E-state index contributed by atoms with van der Waals surface area (Å²) in [5.41, 5.74) is 0. The Hall–Kier alpha value is -1.03. The Bertz CT molecular complexity index is 314. The molecule has 1 aromatic rings. The minimum Gasteiger partial charge on any atom is -0.339 e. The molecule has 2 heterocycles. The van der Waals surface area contributed by atoms with Crippen LogP contribution in [-0.2, 0) is 17.8 Å². The highest BCUT2D eigenvalue weighted by molar-refractivity contribution is 6.27. The van der Waals surface area contributed by atoms with Gasteiger partial charge in [-0.3, -0.25) is 4.79 Å².